The minimum atomic E-state index is -4.60. The van der Waals surface area contributed by atoms with Crippen molar-refractivity contribution in [3.8, 4) is 17.2 Å². The Hall–Kier alpha value is -2.86. The van der Waals surface area contributed by atoms with Gasteiger partial charge in [-0.25, -0.2) is 4.79 Å². The number of hydrogen-bond acceptors (Lipinski definition) is 9. The molecular weight excluding hydrogens is 558 g/mol. The van der Waals surface area contributed by atoms with Crippen molar-refractivity contribution in [2.75, 3.05) is 26.0 Å². The van der Waals surface area contributed by atoms with Crippen molar-refractivity contribution in [3.63, 3.8) is 0 Å². The summed E-state index contributed by atoms with van der Waals surface area (Å²) in [5, 5.41) is 11.1. The van der Waals surface area contributed by atoms with Crippen molar-refractivity contribution in [3.05, 3.63) is 57.1 Å². The van der Waals surface area contributed by atoms with Crippen LogP contribution in [0.3, 0.4) is 0 Å². The molecule has 0 aliphatic heterocycles. The topological polar surface area (TPSA) is 123 Å². The fourth-order valence-electron chi connectivity index (χ4n) is 3.04. The zero-order valence-corrected chi connectivity index (χ0v) is 22.3. The molecule has 0 fully saturated rings. The maximum Gasteiger partial charge on any atom is 0.416 e. The van der Waals surface area contributed by atoms with Gasteiger partial charge >= 0.3 is 25.4 Å². The third kappa shape index (κ3) is 9.16. The predicted molar refractivity (Wildman–Crippen MR) is 131 cm³/mol. The summed E-state index contributed by atoms with van der Waals surface area (Å²) in [5.41, 5.74) is -1.47. The number of esters is 1. The summed E-state index contributed by atoms with van der Waals surface area (Å²) >= 11 is 5.90. The van der Waals surface area contributed by atoms with Gasteiger partial charge in [0.2, 0.25) is 5.75 Å². The van der Waals surface area contributed by atoms with Crippen molar-refractivity contribution in [1.82, 2.24) is 0 Å². The highest BCUT2D eigenvalue weighted by Gasteiger charge is 2.31. The van der Waals surface area contributed by atoms with Crippen LogP contribution in [0.25, 0.3) is 0 Å². The fraction of sp³-hybridized carbons (Fsp3) is 0.435. The normalized spacial score (nSPS) is 12.6. The number of nitro benzene ring substituents is 1. The number of hydrogen-bond donors (Lipinski definition) is 0. The van der Waals surface area contributed by atoms with E-state index in [0.717, 1.165) is 24.3 Å². The average molecular weight is 584 g/mol. The molecule has 0 saturated heterocycles. The summed E-state index contributed by atoms with van der Waals surface area (Å²) in [6.07, 6.45) is -5.70. The summed E-state index contributed by atoms with van der Waals surface area (Å²) in [4.78, 5) is 23.0. The van der Waals surface area contributed by atoms with Crippen LogP contribution in [0.4, 0.5) is 18.9 Å². The SMILES string of the molecule is CCOP(=O)(CCCOC(=O)C(C)Oc1cc(Oc2ccc(C(F)(F)F)cc2Cl)ccc1[N+](=O)[O-])OCC. The summed E-state index contributed by atoms with van der Waals surface area (Å²) in [5.74, 6) is -1.38. The van der Waals surface area contributed by atoms with E-state index in [-0.39, 0.29) is 54.7 Å². The van der Waals surface area contributed by atoms with Crippen LogP contribution in [-0.4, -0.2) is 43.0 Å². The first-order chi connectivity index (χ1) is 17.8. The van der Waals surface area contributed by atoms with Gasteiger partial charge in [0.15, 0.2) is 6.10 Å². The molecule has 2 aromatic rings. The van der Waals surface area contributed by atoms with Gasteiger partial charge in [-0.15, -0.1) is 0 Å². The first kappa shape index (κ1) is 31.4. The van der Waals surface area contributed by atoms with Gasteiger partial charge < -0.3 is 23.3 Å². The second-order valence-electron chi connectivity index (χ2n) is 7.58. The Morgan fingerprint density at radius 1 is 1.11 bits per heavy atom. The average Bonchev–Trinajstić information content (AvgIpc) is 2.82. The second-order valence-corrected chi connectivity index (χ2v) is 10.2. The molecular formula is C23H26ClF3NO9P. The first-order valence-electron chi connectivity index (χ1n) is 11.3. The molecule has 0 heterocycles. The molecule has 2 rings (SSSR count). The predicted octanol–water partition coefficient (Wildman–Crippen LogP) is 7.03. The Labute approximate surface area is 221 Å². The Morgan fingerprint density at radius 3 is 2.32 bits per heavy atom. The lowest BCUT2D eigenvalue weighted by Crippen LogP contribution is -2.27. The molecule has 0 aromatic heterocycles. The number of alkyl halides is 3. The highest BCUT2D eigenvalue weighted by atomic mass is 35.5. The van der Waals surface area contributed by atoms with Crippen molar-refractivity contribution >= 4 is 30.9 Å². The minimum absolute atomic E-state index is 0.0224. The summed E-state index contributed by atoms with van der Waals surface area (Å²) in [6, 6.07) is 5.78. The van der Waals surface area contributed by atoms with Crippen LogP contribution in [0.2, 0.25) is 5.02 Å². The van der Waals surface area contributed by atoms with E-state index >= 15 is 0 Å². The van der Waals surface area contributed by atoms with Crippen molar-refractivity contribution in [1.29, 1.82) is 0 Å². The molecule has 0 amide bonds. The zero-order valence-electron chi connectivity index (χ0n) is 20.7. The molecule has 0 bridgehead atoms. The van der Waals surface area contributed by atoms with Crippen molar-refractivity contribution in [2.24, 2.45) is 0 Å². The highest BCUT2D eigenvalue weighted by molar-refractivity contribution is 7.53. The van der Waals surface area contributed by atoms with E-state index in [1.54, 1.807) is 13.8 Å². The molecule has 1 atom stereocenters. The molecule has 1 unspecified atom stereocenters. The quantitative estimate of drug-likeness (QED) is 0.0758. The third-order valence-electron chi connectivity index (χ3n) is 4.72. The lowest BCUT2D eigenvalue weighted by molar-refractivity contribution is -0.386. The number of halogens is 4. The van der Waals surface area contributed by atoms with Gasteiger partial charge in [0.05, 0.1) is 41.5 Å². The molecule has 0 spiro atoms. The smallest absolute Gasteiger partial charge is 0.416 e. The molecule has 38 heavy (non-hydrogen) atoms. The van der Waals surface area contributed by atoms with E-state index in [1.807, 2.05) is 0 Å². The van der Waals surface area contributed by atoms with E-state index in [4.69, 9.17) is 34.9 Å². The number of ether oxygens (including phenoxy) is 3. The largest absolute Gasteiger partial charge is 0.472 e. The highest BCUT2D eigenvalue weighted by Crippen LogP contribution is 2.48. The number of carbonyl (C=O) groups is 1. The molecule has 15 heteroatoms. The molecule has 0 saturated carbocycles. The van der Waals surface area contributed by atoms with Crippen LogP contribution in [0.15, 0.2) is 36.4 Å². The Kier molecular flexibility index (Phi) is 11.4. The van der Waals surface area contributed by atoms with Crippen LogP contribution in [0.5, 0.6) is 17.2 Å². The molecule has 0 aliphatic rings. The van der Waals surface area contributed by atoms with Gasteiger partial charge in [-0.1, -0.05) is 11.6 Å². The maximum atomic E-state index is 12.9. The number of nitro groups is 1. The molecule has 210 valence electrons. The Bertz CT molecular complexity index is 1170. The monoisotopic (exact) mass is 583 g/mol. The fourth-order valence-corrected chi connectivity index (χ4v) is 4.89. The summed E-state index contributed by atoms with van der Waals surface area (Å²) < 4.78 is 77.3. The van der Waals surface area contributed by atoms with Gasteiger partial charge in [-0.3, -0.25) is 14.7 Å². The van der Waals surface area contributed by atoms with Gasteiger partial charge in [-0.2, -0.15) is 13.2 Å². The van der Waals surface area contributed by atoms with Crippen LogP contribution in [-0.2, 0) is 29.3 Å². The first-order valence-corrected chi connectivity index (χ1v) is 13.4. The van der Waals surface area contributed by atoms with E-state index in [2.05, 4.69) is 0 Å². The number of rotatable bonds is 14. The third-order valence-corrected chi connectivity index (χ3v) is 7.19. The van der Waals surface area contributed by atoms with Gasteiger partial charge in [0.1, 0.15) is 11.5 Å². The lowest BCUT2D eigenvalue weighted by Gasteiger charge is -2.17. The van der Waals surface area contributed by atoms with Crippen molar-refractivity contribution < 1.29 is 50.7 Å². The van der Waals surface area contributed by atoms with Gasteiger partial charge in [-0.05, 0) is 51.5 Å². The molecule has 0 N–H and O–H groups in total. The van der Waals surface area contributed by atoms with Gasteiger partial charge in [0, 0.05) is 12.1 Å². The minimum Gasteiger partial charge on any atom is -0.472 e. The number of carbonyl (C=O) groups excluding carboxylic acids is 1. The van der Waals surface area contributed by atoms with Gasteiger partial charge in [0.25, 0.3) is 0 Å². The molecule has 10 nitrogen and oxygen atoms in total. The second kappa shape index (κ2) is 13.8. The summed E-state index contributed by atoms with van der Waals surface area (Å²) in [7, 11) is -3.30. The van der Waals surface area contributed by atoms with Crippen LogP contribution < -0.4 is 9.47 Å². The Balaban J connectivity index is 2.07. The van der Waals surface area contributed by atoms with Crippen LogP contribution in [0.1, 0.15) is 32.8 Å². The maximum absolute atomic E-state index is 12.9. The standard InChI is InChI=1S/C23H26ClF3NO9P/c1-4-34-38(32,35-5-2)12-6-11-33-22(29)15(3)36-21-14-17(8-9-19(21)28(30)31)37-20-10-7-16(13-18(20)24)23(25,26)27/h7-10,13-15H,4-6,11-12H2,1-3H3. The summed E-state index contributed by atoms with van der Waals surface area (Å²) in [6.45, 7) is 4.89. The lowest BCUT2D eigenvalue weighted by atomic mass is 10.2. The molecule has 0 aliphatic carbocycles. The number of benzene rings is 2. The van der Waals surface area contributed by atoms with E-state index < -0.39 is 42.0 Å². The van der Waals surface area contributed by atoms with Crippen LogP contribution in [0, 0.1) is 10.1 Å². The van der Waals surface area contributed by atoms with E-state index in [0.29, 0.717) is 6.07 Å². The van der Waals surface area contributed by atoms with Crippen molar-refractivity contribution in [2.45, 2.75) is 39.5 Å². The molecule has 2 aromatic carbocycles. The van der Waals surface area contributed by atoms with E-state index in [1.165, 1.54) is 13.0 Å². The molecule has 0 radical (unpaired) electrons. The Morgan fingerprint density at radius 2 is 1.76 bits per heavy atom. The van der Waals surface area contributed by atoms with E-state index in [9.17, 15) is 32.6 Å². The zero-order chi connectivity index (χ0) is 28.5. The van der Waals surface area contributed by atoms with Crippen LogP contribution >= 0.6 is 19.2 Å². The number of nitrogens with zero attached hydrogens (tertiary/aromatic N) is 1.